The van der Waals surface area contributed by atoms with E-state index < -0.39 is 55.9 Å². The molecule has 0 saturated carbocycles. The first kappa shape index (κ1) is 40.3. The molecule has 0 bridgehead atoms. The van der Waals surface area contributed by atoms with Crippen molar-refractivity contribution < 1.29 is 38.1 Å². The van der Waals surface area contributed by atoms with Crippen molar-refractivity contribution >= 4 is 43.8 Å². The Bertz CT molecular complexity index is 1460. The van der Waals surface area contributed by atoms with Gasteiger partial charge in [0.15, 0.2) is 0 Å². The zero-order valence-corrected chi connectivity index (χ0v) is 31.7. The van der Waals surface area contributed by atoms with Crippen molar-refractivity contribution in [3.8, 4) is 0 Å². The second-order valence-electron chi connectivity index (χ2n) is 12.4. The molecule has 0 aliphatic carbocycles. The minimum absolute atomic E-state index is 0.125. The zero-order valence-electron chi connectivity index (χ0n) is 28.9. The van der Waals surface area contributed by atoms with E-state index in [1.807, 2.05) is 0 Å². The molecule has 2 aromatic carbocycles. The molecule has 262 valence electrons. The number of benzene rings is 2. The smallest absolute Gasteiger partial charge is 0.336 e. The number of rotatable bonds is 21. The minimum atomic E-state index is -4.27. The van der Waals surface area contributed by atoms with E-state index in [2.05, 4.69) is 57.1 Å². The number of carbonyl (C=O) groups is 3. The molecule has 0 aliphatic heterocycles. The predicted octanol–water partition coefficient (Wildman–Crippen LogP) is 7.46. The summed E-state index contributed by atoms with van der Waals surface area (Å²) in [5.41, 5.74) is -0.238. The summed E-state index contributed by atoms with van der Waals surface area (Å²) >= 11 is 0. The quantitative estimate of drug-likeness (QED) is 0.0451. The SMILES string of the molecule is CC[Si](CC)(CC)CCCNC(=O)c1ccc(S(=O)(=O)c2ccc(C(=O)NCCC[Si](CC)(CC)CC)c(C(=O)O)c2)cc1COO. The number of amides is 2. The second-order valence-corrected chi connectivity index (χ2v) is 25.6. The van der Waals surface area contributed by atoms with E-state index in [-0.39, 0.29) is 26.5 Å². The van der Waals surface area contributed by atoms with Gasteiger partial charge in [0.05, 0.1) is 37.1 Å². The Kier molecular flexibility index (Phi) is 16.0. The Balaban J connectivity index is 2.25. The number of nitrogens with one attached hydrogen (secondary N) is 2. The third-order valence-electron chi connectivity index (χ3n) is 10.5. The van der Waals surface area contributed by atoms with E-state index in [1.54, 1.807) is 0 Å². The van der Waals surface area contributed by atoms with Crippen molar-refractivity contribution in [1.29, 1.82) is 0 Å². The molecule has 0 spiro atoms. The van der Waals surface area contributed by atoms with Crippen LogP contribution in [0.4, 0.5) is 0 Å². The van der Waals surface area contributed by atoms with Crippen molar-refractivity contribution in [2.45, 2.75) is 119 Å². The predicted molar refractivity (Wildman–Crippen MR) is 191 cm³/mol. The molecule has 0 heterocycles. The Labute approximate surface area is 282 Å². The van der Waals surface area contributed by atoms with Gasteiger partial charge in [0.2, 0.25) is 9.84 Å². The maximum atomic E-state index is 13.6. The first-order valence-electron chi connectivity index (χ1n) is 16.9. The first-order valence-corrected chi connectivity index (χ1v) is 24.0. The summed E-state index contributed by atoms with van der Waals surface area (Å²) in [5, 5.41) is 24.8. The highest BCUT2D eigenvalue weighted by molar-refractivity contribution is 7.91. The van der Waals surface area contributed by atoms with Crippen LogP contribution in [-0.2, 0) is 21.3 Å². The maximum absolute atomic E-state index is 13.6. The topological polar surface area (TPSA) is 159 Å². The van der Waals surface area contributed by atoms with Gasteiger partial charge in [-0.2, -0.15) is 0 Å². The molecule has 0 atom stereocenters. The molecule has 2 aromatic rings. The highest BCUT2D eigenvalue weighted by atomic mass is 32.2. The average Bonchev–Trinajstić information content (AvgIpc) is 3.08. The fourth-order valence-electron chi connectivity index (χ4n) is 6.43. The van der Waals surface area contributed by atoms with Gasteiger partial charge in [-0.1, -0.05) is 89.9 Å². The van der Waals surface area contributed by atoms with Crippen LogP contribution in [0, 0.1) is 0 Å². The summed E-state index contributed by atoms with van der Waals surface area (Å²) < 4.78 is 27.2. The molecule has 0 aliphatic rings. The number of hydrogen-bond donors (Lipinski definition) is 4. The number of aromatic carboxylic acids is 1. The number of sulfone groups is 1. The lowest BCUT2D eigenvalue weighted by molar-refractivity contribution is -0.253. The van der Waals surface area contributed by atoms with E-state index in [4.69, 9.17) is 0 Å². The van der Waals surface area contributed by atoms with E-state index in [0.29, 0.717) is 13.1 Å². The monoisotopic (exact) mass is 706 g/mol. The van der Waals surface area contributed by atoms with Gasteiger partial charge in [-0.25, -0.2) is 18.1 Å². The van der Waals surface area contributed by atoms with Crippen LogP contribution in [0.3, 0.4) is 0 Å². The first-order chi connectivity index (χ1) is 22.3. The standard InChI is InChI=1S/C34H54N2O8SSi2/c1-7-46(8-2,9-3)21-13-19-35-32(37)29-17-15-27(23-26(29)25-44-41)45(42,43)28-16-18-30(31(24-28)34(39)40)33(38)36-20-14-22-47(10-4,11-5)12-6/h15-18,23-24,41H,7-14,19-22,25H2,1-6H3,(H,35,37)(H,36,38)(H,39,40). The Morgan fingerprint density at radius 2 is 1.11 bits per heavy atom. The van der Waals surface area contributed by atoms with Crippen molar-refractivity contribution in [3.63, 3.8) is 0 Å². The molecule has 0 radical (unpaired) electrons. The Morgan fingerprint density at radius 1 is 0.681 bits per heavy atom. The van der Waals surface area contributed by atoms with Gasteiger partial charge in [-0.3, -0.25) is 14.8 Å². The lowest BCUT2D eigenvalue weighted by atomic mass is 10.1. The average molecular weight is 707 g/mol. The Hall–Kier alpha value is -2.85. The van der Waals surface area contributed by atoms with Gasteiger partial charge in [0.25, 0.3) is 11.8 Å². The van der Waals surface area contributed by atoms with Crippen molar-refractivity contribution in [3.05, 3.63) is 58.7 Å². The van der Waals surface area contributed by atoms with Crippen molar-refractivity contribution in [2.75, 3.05) is 13.1 Å². The largest absolute Gasteiger partial charge is 0.478 e. The fourth-order valence-corrected chi connectivity index (χ4v) is 14.7. The van der Waals surface area contributed by atoms with Crippen molar-refractivity contribution in [1.82, 2.24) is 10.6 Å². The van der Waals surface area contributed by atoms with Gasteiger partial charge >= 0.3 is 5.97 Å². The van der Waals surface area contributed by atoms with Gasteiger partial charge in [-0.15, -0.1) is 0 Å². The number of carboxylic acid groups (broad SMARTS) is 1. The van der Waals surface area contributed by atoms with Crippen LogP contribution < -0.4 is 10.6 Å². The summed E-state index contributed by atoms with van der Waals surface area (Å²) in [4.78, 5) is 41.9. The van der Waals surface area contributed by atoms with Crippen LogP contribution >= 0.6 is 0 Å². The minimum Gasteiger partial charge on any atom is -0.478 e. The number of carboxylic acids is 1. The molecule has 4 N–H and O–H groups in total. The number of carbonyl (C=O) groups excluding carboxylic acids is 2. The van der Waals surface area contributed by atoms with Gasteiger partial charge in [0.1, 0.15) is 6.61 Å². The molecule has 2 amide bonds. The molecular formula is C34H54N2O8SSi2. The van der Waals surface area contributed by atoms with E-state index in [0.717, 1.165) is 31.0 Å². The molecule has 47 heavy (non-hydrogen) atoms. The summed E-state index contributed by atoms with van der Waals surface area (Å²) in [5.74, 6) is -2.42. The van der Waals surface area contributed by atoms with E-state index >= 15 is 0 Å². The highest BCUT2D eigenvalue weighted by Crippen LogP contribution is 2.29. The molecule has 2 rings (SSSR count). The Morgan fingerprint density at radius 3 is 1.53 bits per heavy atom. The van der Waals surface area contributed by atoms with Gasteiger partial charge in [-0.05, 0) is 54.8 Å². The molecule has 0 aromatic heterocycles. The van der Waals surface area contributed by atoms with Crippen LogP contribution in [0.15, 0.2) is 46.2 Å². The summed E-state index contributed by atoms with van der Waals surface area (Å²) in [6.45, 7) is 13.8. The zero-order chi connectivity index (χ0) is 35.3. The second kappa shape index (κ2) is 18.6. The summed E-state index contributed by atoms with van der Waals surface area (Å²) in [6, 6.07) is 16.6. The molecule has 0 fully saturated rings. The molecule has 10 nitrogen and oxygen atoms in total. The van der Waals surface area contributed by atoms with Crippen LogP contribution in [0.25, 0.3) is 0 Å². The van der Waals surface area contributed by atoms with Crippen LogP contribution in [-0.4, -0.2) is 65.8 Å². The van der Waals surface area contributed by atoms with Crippen LogP contribution in [0.2, 0.25) is 48.4 Å². The molecule has 0 saturated heterocycles. The van der Waals surface area contributed by atoms with E-state index in [1.165, 1.54) is 66.6 Å². The third kappa shape index (κ3) is 10.3. The van der Waals surface area contributed by atoms with Gasteiger partial charge < -0.3 is 15.7 Å². The van der Waals surface area contributed by atoms with Gasteiger partial charge in [0, 0.05) is 18.7 Å². The van der Waals surface area contributed by atoms with Crippen LogP contribution in [0.5, 0.6) is 0 Å². The third-order valence-corrected chi connectivity index (χ3v) is 24.0. The fraction of sp³-hybridized carbons (Fsp3) is 0.559. The highest BCUT2D eigenvalue weighted by Gasteiger charge is 2.28. The van der Waals surface area contributed by atoms with E-state index in [9.17, 15) is 33.2 Å². The molecule has 13 heteroatoms. The lowest BCUT2D eigenvalue weighted by Crippen LogP contribution is -2.33. The normalized spacial score (nSPS) is 12.1. The molecular weight excluding hydrogens is 653 g/mol. The molecule has 0 unspecified atom stereocenters. The van der Waals surface area contributed by atoms with Crippen LogP contribution in [0.1, 0.15) is 91.0 Å². The summed E-state index contributed by atoms with van der Waals surface area (Å²) in [7, 11) is -6.94. The van der Waals surface area contributed by atoms with Crippen molar-refractivity contribution in [2.24, 2.45) is 0 Å². The summed E-state index contributed by atoms with van der Waals surface area (Å²) in [6.07, 6.45) is 1.65. The lowest BCUT2D eigenvalue weighted by Gasteiger charge is -2.28. The maximum Gasteiger partial charge on any atom is 0.336 e. The number of hydrogen-bond acceptors (Lipinski definition) is 7.